The fourth-order valence-corrected chi connectivity index (χ4v) is 5.34. The zero-order valence-electron chi connectivity index (χ0n) is 22.7. The highest BCUT2D eigenvalue weighted by Crippen LogP contribution is 2.39. The molecule has 3 aliphatic rings. The highest BCUT2D eigenvalue weighted by Gasteiger charge is 2.47. The Labute approximate surface area is 214 Å². The second-order valence-corrected chi connectivity index (χ2v) is 10.9. The van der Waals surface area contributed by atoms with Gasteiger partial charge in [0.05, 0.1) is 37.6 Å². The summed E-state index contributed by atoms with van der Waals surface area (Å²) in [6.45, 7) is 7.55. The number of carbonyl (C=O) groups excluding carboxylic acids is 1. The third-order valence-electron chi connectivity index (χ3n) is 7.83. The maximum atomic E-state index is 12.2. The van der Waals surface area contributed by atoms with Gasteiger partial charge in [0.25, 0.3) is 0 Å². The fourth-order valence-electron chi connectivity index (χ4n) is 5.34. The minimum absolute atomic E-state index is 0.122. The van der Waals surface area contributed by atoms with Gasteiger partial charge in [0, 0.05) is 18.8 Å². The van der Waals surface area contributed by atoms with Crippen LogP contribution in [0.1, 0.15) is 124 Å². The fraction of sp³-hybridized carbons (Fsp3) is 0.966. The zero-order valence-corrected chi connectivity index (χ0v) is 22.7. The van der Waals surface area contributed by atoms with Gasteiger partial charge >= 0.3 is 5.97 Å². The van der Waals surface area contributed by atoms with Crippen molar-refractivity contribution < 1.29 is 28.5 Å². The van der Waals surface area contributed by atoms with Gasteiger partial charge in [-0.3, -0.25) is 4.79 Å². The largest absolute Gasteiger partial charge is 0.457 e. The molecule has 0 aromatic carbocycles. The van der Waals surface area contributed by atoms with E-state index in [1.165, 1.54) is 64.2 Å². The Balaban J connectivity index is 1.10. The number of esters is 1. The van der Waals surface area contributed by atoms with Crippen LogP contribution in [0.25, 0.3) is 0 Å². The molecule has 0 radical (unpaired) electrons. The topological polar surface area (TPSA) is 69.8 Å². The minimum atomic E-state index is -0.262. The van der Waals surface area contributed by atoms with Crippen LogP contribution in [0, 0.1) is 5.92 Å². The van der Waals surface area contributed by atoms with Gasteiger partial charge in [-0.25, -0.2) is 0 Å². The number of hydrogen-bond donors (Lipinski definition) is 0. The molecule has 0 bridgehead atoms. The third-order valence-corrected chi connectivity index (χ3v) is 7.83. The molecule has 5 atom stereocenters. The number of hydrogen-bond acceptors (Lipinski definition) is 6. The average molecular weight is 497 g/mol. The van der Waals surface area contributed by atoms with Crippen molar-refractivity contribution in [2.45, 2.75) is 160 Å². The van der Waals surface area contributed by atoms with Crippen molar-refractivity contribution in [3.63, 3.8) is 0 Å². The van der Waals surface area contributed by atoms with E-state index in [1.807, 2.05) is 0 Å². The van der Waals surface area contributed by atoms with Gasteiger partial charge in [-0.2, -0.15) is 0 Å². The summed E-state index contributed by atoms with van der Waals surface area (Å²) < 4.78 is 29.0. The van der Waals surface area contributed by atoms with Crippen molar-refractivity contribution in [1.82, 2.24) is 0 Å². The Morgan fingerprint density at radius 1 is 0.771 bits per heavy atom. The molecular formula is C29H52O6. The van der Waals surface area contributed by atoms with Crippen LogP contribution in [0.15, 0.2) is 0 Å². The van der Waals surface area contributed by atoms with Crippen LogP contribution in [0.4, 0.5) is 0 Å². The van der Waals surface area contributed by atoms with Gasteiger partial charge in [0.1, 0.15) is 6.10 Å². The summed E-state index contributed by atoms with van der Waals surface area (Å²) in [5, 5.41) is 0. The number of unbranched alkanes of at least 4 members (excludes halogenated alkanes) is 7. The lowest BCUT2D eigenvalue weighted by Crippen LogP contribution is -2.41. The first-order valence-electron chi connectivity index (χ1n) is 14.9. The van der Waals surface area contributed by atoms with E-state index in [0.717, 1.165) is 32.1 Å². The molecule has 35 heavy (non-hydrogen) atoms. The maximum Gasteiger partial charge on any atom is 0.306 e. The summed E-state index contributed by atoms with van der Waals surface area (Å²) in [4.78, 5) is 12.2. The molecule has 0 N–H and O–H groups in total. The van der Waals surface area contributed by atoms with Crippen molar-refractivity contribution in [3.05, 3.63) is 0 Å². The second-order valence-electron chi connectivity index (χ2n) is 10.9. The summed E-state index contributed by atoms with van der Waals surface area (Å²) >= 11 is 0. The van der Waals surface area contributed by atoms with Crippen LogP contribution in [0.5, 0.6) is 0 Å². The first-order valence-corrected chi connectivity index (χ1v) is 14.9. The highest BCUT2D eigenvalue weighted by molar-refractivity contribution is 5.69. The van der Waals surface area contributed by atoms with E-state index in [0.29, 0.717) is 50.0 Å². The monoisotopic (exact) mass is 496 g/mol. The zero-order chi connectivity index (χ0) is 24.9. The number of carbonyl (C=O) groups is 1. The van der Waals surface area contributed by atoms with E-state index in [1.54, 1.807) is 0 Å². The normalized spacial score (nSPS) is 30.7. The molecule has 0 spiro atoms. The standard InChI is InChI=1S/C29H52O6/c1-4-7-12-16-24-26(34-24)19-27-25(35-27)17-13-10-9-11-14-18-28(30)33-23-20-31-29(32-21-23)22(6-3)15-8-5-2/h22-27,29H,4-21H2,1-3H3. The predicted octanol–water partition coefficient (Wildman–Crippen LogP) is 6.72. The second kappa shape index (κ2) is 16.2. The smallest absolute Gasteiger partial charge is 0.306 e. The van der Waals surface area contributed by atoms with Gasteiger partial charge in [-0.15, -0.1) is 0 Å². The molecule has 0 aromatic heterocycles. The summed E-state index contributed by atoms with van der Waals surface area (Å²) in [6.07, 6.45) is 19.5. The minimum Gasteiger partial charge on any atom is -0.457 e. The van der Waals surface area contributed by atoms with Crippen LogP contribution in [0.2, 0.25) is 0 Å². The molecule has 3 fully saturated rings. The Kier molecular flexibility index (Phi) is 13.4. The van der Waals surface area contributed by atoms with Crippen molar-refractivity contribution in [1.29, 1.82) is 0 Å². The molecule has 3 saturated heterocycles. The number of epoxide rings is 2. The van der Waals surface area contributed by atoms with E-state index >= 15 is 0 Å². The van der Waals surface area contributed by atoms with Crippen LogP contribution in [-0.2, 0) is 28.5 Å². The predicted molar refractivity (Wildman–Crippen MR) is 137 cm³/mol. The summed E-state index contributed by atoms with van der Waals surface area (Å²) in [7, 11) is 0. The number of rotatable bonds is 20. The van der Waals surface area contributed by atoms with Crippen LogP contribution >= 0.6 is 0 Å². The van der Waals surface area contributed by atoms with Gasteiger partial charge in [-0.05, 0) is 32.1 Å². The van der Waals surface area contributed by atoms with Crippen LogP contribution in [0.3, 0.4) is 0 Å². The Bertz CT molecular complexity index is 576. The van der Waals surface area contributed by atoms with E-state index in [2.05, 4.69) is 20.8 Å². The first kappa shape index (κ1) is 28.9. The Morgan fingerprint density at radius 3 is 2.00 bits per heavy atom. The SMILES string of the molecule is CCCCCC1OC1CC1OC1CCCCCCCC(=O)OC1COC(C(CC)CCCC)OC1. The summed E-state index contributed by atoms with van der Waals surface area (Å²) in [5.74, 6) is 0.312. The molecule has 0 amide bonds. The third kappa shape index (κ3) is 11.1. The van der Waals surface area contributed by atoms with Crippen molar-refractivity contribution >= 4 is 5.97 Å². The molecule has 3 aliphatic heterocycles. The van der Waals surface area contributed by atoms with E-state index in [9.17, 15) is 4.79 Å². The maximum absolute atomic E-state index is 12.2. The van der Waals surface area contributed by atoms with E-state index < -0.39 is 0 Å². The van der Waals surface area contributed by atoms with E-state index in [-0.39, 0.29) is 18.4 Å². The van der Waals surface area contributed by atoms with Crippen molar-refractivity contribution in [2.75, 3.05) is 13.2 Å². The van der Waals surface area contributed by atoms with Crippen LogP contribution in [-0.4, -0.2) is 56.0 Å². The molecule has 0 aliphatic carbocycles. The Morgan fingerprint density at radius 2 is 1.37 bits per heavy atom. The molecule has 204 valence electrons. The van der Waals surface area contributed by atoms with Gasteiger partial charge < -0.3 is 23.7 Å². The van der Waals surface area contributed by atoms with Crippen LogP contribution < -0.4 is 0 Å². The van der Waals surface area contributed by atoms with E-state index in [4.69, 9.17) is 23.7 Å². The summed E-state index contributed by atoms with van der Waals surface area (Å²) in [6, 6.07) is 0. The Hall–Kier alpha value is -0.690. The summed E-state index contributed by atoms with van der Waals surface area (Å²) in [5.41, 5.74) is 0. The molecule has 3 heterocycles. The van der Waals surface area contributed by atoms with Crippen molar-refractivity contribution in [2.24, 2.45) is 5.92 Å². The molecule has 3 rings (SSSR count). The number of ether oxygens (including phenoxy) is 5. The molecule has 6 heteroatoms. The first-order chi connectivity index (χ1) is 17.1. The molecular weight excluding hydrogens is 444 g/mol. The van der Waals surface area contributed by atoms with Gasteiger partial charge in [0.15, 0.2) is 6.29 Å². The lowest BCUT2D eigenvalue weighted by Gasteiger charge is -2.33. The van der Waals surface area contributed by atoms with Gasteiger partial charge in [-0.1, -0.05) is 78.6 Å². The molecule has 6 nitrogen and oxygen atoms in total. The molecule has 0 saturated carbocycles. The molecule has 0 aromatic rings. The average Bonchev–Trinajstić information content (AvgIpc) is 3.78. The highest BCUT2D eigenvalue weighted by atomic mass is 16.7. The lowest BCUT2D eigenvalue weighted by molar-refractivity contribution is -0.245. The lowest BCUT2D eigenvalue weighted by atomic mass is 9.98. The molecule has 5 unspecified atom stereocenters. The quantitative estimate of drug-likeness (QED) is 0.106. The van der Waals surface area contributed by atoms with Gasteiger partial charge in [0.2, 0.25) is 0 Å². The van der Waals surface area contributed by atoms with Crippen molar-refractivity contribution in [3.8, 4) is 0 Å².